The summed E-state index contributed by atoms with van der Waals surface area (Å²) in [6.07, 6.45) is 2.13. The molecule has 112 valence electrons. The Morgan fingerprint density at radius 2 is 2.19 bits per heavy atom. The highest BCUT2D eigenvalue weighted by Crippen LogP contribution is 2.31. The van der Waals surface area contributed by atoms with E-state index in [1.54, 1.807) is 17.4 Å². The summed E-state index contributed by atoms with van der Waals surface area (Å²) in [4.78, 5) is 20.3. The molecule has 1 fully saturated rings. The fourth-order valence-electron chi connectivity index (χ4n) is 2.74. The molecule has 3 heterocycles. The van der Waals surface area contributed by atoms with E-state index >= 15 is 0 Å². The first-order chi connectivity index (χ1) is 10.0. The van der Waals surface area contributed by atoms with Crippen LogP contribution in [-0.2, 0) is 0 Å². The Morgan fingerprint density at radius 3 is 2.81 bits per heavy atom. The van der Waals surface area contributed by atoms with Gasteiger partial charge in [-0.25, -0.2) is 4.98 Å². The summed E-state index contributed by atoms with van der Waals surface area (Å²) < 4.78 is 5.46. The minimum Gasteiger partial charge on any atom is -0.456 e. The van der Waals surface area contributed by atoms with Crippen molar-refractivity contribution in [1.29, 1.82) is 0 Å². The maximum Gasteiger partial charge on any atom is 0.289 e. The highest BCUT2D eigenvalue weighted by atomic mass is 32.1. The smallest absolute Gasteiger partial charge is 0.289 e. The molecule has 3 rings (SSSR count). The lowest BCUT2D eigenvalue weighted by Crippen LogP contribution is -2.38. The lowest BCUT2D eigenvalue weighted by Gasteiger charge is -2.31. The van der Waals surface area contributed by atoms with Gasteiger partial charge in [0.15, 0.2) is 5.76 Å². The zero-order valence-corrected chi connectivity index (χ0v) is 13.5. The van der Waals surface area contributed by atoms with Gasteiger partial charge in [0.05, 0.1) is 10.7 Å². The molecule has 0 aliphatic carbocycles. The first-order valence-corrected chi connectivity index (χ1v) is 8.16. The average molecular weight is 304 g/mol. The monoisotopic (exact) mass is 304 g/mol. The number of hydrogen-bond donors (Lipinski definition) is 0. The number of amides is 1. The van der Waals surface area contributed by atoms with E-state index in [0.717, 1.165) is 42.4 Å². The van der Waals surface area contributed by atoms with E-state index in [9.17, 15) is 4.79 Å². The molecule has 0 spiro atoms. The molecule has 1 aliphatic heterocycles. The molecule has 1 unspecified atom stereocenters. The number of piperidine rings is 1. The standard InChI is InChI=1S/C16H20N2O2S/c1-10-6-7-14(20-10)16(19)18-8-4-5-13(9-18)15-17-11(2)12(3)21-15/h6-7,13H,4-5,8-9H2,1-3H3. The Bertz CT molecular complexity index is 640. The summed E-state index contributed by atoms with van der Waals surface area (Å²) in [6.45, 7) is 7.56. The van der Waals surface area contributed by atoms with Gasteiger partial charge in [0.2, 0.25) is 0 Å². The molecule has 0 N–H and O–H groups in total. The Labute approximate surface area is 128 Å². The van der Waals surface area contributed by atoms with E-state index in [4.69, 9.17) is 4.42 Å². The van der Waals surface area contributed by atoms with E-state index in [-0.39, 0.29) is 5.91 Å². The number of carbonyl (C=O) groups is 1. The van der Waals surface area contributed by atoms with Gasteiger partial charge < -0.3 is 9.32 Å². The van der Waals surface area contributed by atoms with Gasteiger partial charge in [0.25, 0.3) is 5.91 Å². The van der Waals surface area contributed by atoms with E-state index < -0.39 is 0 Å². The predicted octanol–water partition coefficient (Wildman–Crippen LogP) is 3.68. The number of nitrogens with zero attached hydrogens (tertiary/aromatic N) is 2. The van der Waals surface area contributed by atoms with Crippen LogP contribution in [0.5, 0.6) is 0 Å². The van der Waals surface area contributed by atoms with Crippen molar-refractivity contribution in [1.82, 2.24) is 9.88 Å². The molecular weight excluding hydrogens is 284 g/mol. The van der Waals surface area contributed by atoms with Crippen LogP contribution < -0.4 is 0 Å². The molecule has 2 aromatic heterocycles. The second kappa shape index (κ2) is 5.64. The van der Waals surface area contributed by atoms with Gasteiger partial charge >= 0.3 is 0 Å². The molecule has 1 aliphatic rings. The summed E-state index contributed by atoms with van der Waals surface area (Å²) in [5.41, 5.74) is 1.11. The summed E-state index contributed by atoms with van der Waals surface area (Å²) in [6, 6.07) is 3.60. The van der Waals surface area contributed by atoms with E-state index in [1.165, 1.54) is 4.88 Å². The van der Waals surface area contributed by atoms with E-state index in [2.05, 4.69) is 11.9 Å². The van der Waals surface area contributed by atoms with Crippen LogP contribution in [0.15, 0.2) is 16.5 Å². The van der Waals surface area contributed by atoms with Crippen LogP contribution in [-0.4, -0.2) is 28.9 Å². The molecule has 0 saturated carbocycles. The molecule has 0 radical (unpaired) electrons. The van der Waals surface area contributed by atoms with Crippen LogP contribution in [0.4, 0.5) is 0 Å². The van der Waals surface area contributed by atoms with Crippen LogP contribution in [0.25, 0.3) is 0 Å². The Balaban J connectivity index is 1.75. The molecule has 21 heavy (non-hydrogen) atoms. The minimum atomic E-state index is -0.00204. The number of aryl methyl sites for hydroxylation is 3. The number of rotatable bonds is 2. The van der Waals surface area contributed by atoms with Gasteiger partial charge in [0.1, 0.15) is 5.76 Å². The lowest BCUT2D eigenvalue weighted by atomic mass is 9.98. The number of aromatic nitrogens is 1. The maximum absolute atomic E-state index is 12.5. The maximum atomic E-state index is 12.5. The molecule has 4 nitrogen and oxygen atoms in total. The summed E-state index contributed by atoms with van der Waals surface area (Å²) in [5, 5.41) is 1.16. The molecule has 1 amide bonds. The van der Waals surface area contributed by atoms with Gasteiger partial charge in [-0.2, -0.15) is 0 Å². The Hall–Kier alpha value is -1.62. The highest BCUT2D eigenvalue weighted by molar-refractivity contribution is 7.11. The average Bonchev–Trinajstić information content (AvgIpc) is 3.05. The molecule has 1 atom stereocenters. The highest BCUT2D eigenvalue weighted by Gasteiger charge is 2.28. The third-order valence-electron chi connectivity index (χ3n) is 4.05. The second-order valence-corrected chi connectivity index (χ2v) is 6.93. The van der Waals surface area contributed by atoms with Crippen molar-refractivity contribution < 1.29 is 9.21 Å². The largest absolute Gasteiger partial charge is 0.456 e. The van der Waals surface area contributed by atoms with Crippen LogP contribution in [0.1, 0.15) is 50.7 Å². The number of hydrogen-bond acceptors (Lipinski definition) is 4. The number of furan rings is 1. The van der Waals surface area contributed by atoms with Crippen molar-refractivity contribution in [3.05, 3.63) is 39.2 Å². The molecular formula is C16H20N2O2S. The van der Waals surface area contributed by atoms with Crippen molar-refractivity contribution in [3.63, 3.8) is 0 Å². The third-order valence-corrected chi connectivity index (χ3v) is 5.29. The van der Waals surface area contributed by atoms with Crippen LogP contribution in [0.3, 0.4) is 0 Å². The van der Waals surface area contributed by atoms with Crippen LogP contribution in [0, 0.1) is 20.8 Å². The second-order valence-electron chi connectivity index (χ2n) is 5.69. The first kappa shape index (κ1) is 14.3. The summed E-state index contributed by atoms with van der Waals surface area (Å²) in [5.74, 6) is 1.58. The number of thiazole rings is 1. The van der Waals surface area contributed by atoms with E-state index in [1.807, 2.05) is 24.8 Å². The predicted molar refractivity (Wildman–Crippen MR) is 82.9 cm³/mol. The van der Waals surface area contributed by atoms with Gasteiger partial charge in [-0.05, 0) is 45.7 Å². The molecule has 1 saturated heterocycles. The number of likely N-dealkylation sites (tertiary alicyclic amines) is 1. The molecule has 0 bridgehead atoms. The SMILES string of the molecule is Cc1ccc(C(=O)N2CCCC(c3nc(C)c(C)s3)C2)o1. The van der Waals surface area contributed by atoms with E-state index in [0.29, 0.717) is 11.7 Å². The van der Waals surface area contributed by atoms with Crippen molar-refractivity contribution >= 4 is 17.2 Å². The van der Waals surface area contributed by atoms with Crippen molar-refractivity contribution in [2.75, 3.05) is 13.1 Å². The van der Waals surface area contributed by atoms with Crippen LogP contribution >= 0.6 is 11.3 Å². The fourth-order valence-corrected chi connectivity index (χ4v) is 3.79. The molecule has 2 aromatic rings. The fraction of sp³-hybridized carbons (Fsp3) is 0.500. The topological polar surface area (TPSA) is 46.3 Å². The number of carbonyl (C=O) groups excluding carboxylic acids is 1. The van der Waals surface area contributed by atoms with Gasteiger partial charge in [-0.3, -0.25) is 4.79 Å². The quantitative estimate of drug-likeness (QED) is 0.850. The van der Waals surface area contributed by atoms with Crippen molar-refractivity contribution in [2.24, 2.45) is 0 Å². The lowest BCUT2D eigenvalue weighted by molar-refractivity contribution is 0.0673. The van der Waals surface area contributed by atoms with Gasteiger partial charge in [-0.15, -0.1) is 11.3 Å². The Kier molecular flexibility index (Phi) is 3.85. The van der Waals surface area contributed by atoms with Crippen molar-refractivity contribution in [2.45, 2.75) is 39.5 Å². The normalized spacial score (nSPS) is 19.0. The zero-order valence-electron chi connectivity index (χ0n) is 12.7. The van der Waals surface area contributed by atoms with Gasteiger partial charge in [-0.1, -0.05) is 0 Å². The third kappa shape index (κ3) is 2.88. The zero-order chi connectivity index (χ0) is 15.0. The summed E-state index contributed by atoms with van der Waals surface area (Å²) in [7, 11) is 0. The molecule has 0 aromatic carbocycles. The van der Waals surface area contributed by atoms with Crippen LogP contribution in [0.2, 0.25) is 0 Å². The Morgan fingerprint density at radius 1 is 1.38 bits per heavy atom. The van der Waals surface area contributed by atoms with Gasteiger partial charge in [0, 0.05) is 23.9 Å². The first-order valence-electron chi connectivity index (χ1n) is 7.34. The summed E-state index contributed by atoms with van der Waals surface area (Å²) >= 11 is 1.76. The molecule has 5 heteroatoms. The van der Waals surface area contributed by atoms with Crippen molar-refractivity contribution in [3.8, 4) is 0 Å². The minimum absolute atomic E-state index is 0.00204.